The van der Waals surface area contributed by atoms with Crippen LogP contribution in [-0.4, -0.2) is 32.8 Å². The van der Waals surface area contributed by atoms with Crippen molar-refractivity contribution in [2.75, 3.05) is 26.9 Å². The summed E-state index contributed by atoms with van der Waals surface area (Å²) < 4.78 is 23.8. The molecule has 2 N–H and O–H groups in total. The lowest BCUT2D eigenvalue weighted by Gasteiger charge is -2.13. The van der Waals surface area contributed by atoms with E-state index in [2.05, 4.69) is 27.8 Å². The zero-order valence-corrected chi connectivity index (χ0v) is 16.0. The quantitative estimate of drug-likeness (QED) is 0.381. The van der Waals surface area contributed by atoms with E-state index < -0.39 is 0 Å². The molecule has 0 aliphatic rings. The molecule has 0 unspecified atom stereocenters. The van der Waals surface area contributed by atoms with Crippen LogP contribution in [0, 0.1) is 5.82 Å². The lowest BCUT2D eigenvalue weighted by Crippen LogP contribution is -2.36. The Morgan fingerprint density at radius 2 is 1.59 bits per heavy atom. The molecule has 0 spiro atoms. The van der Waals surface area contributed by atoms with Gasteiger partial charge in [-0.15, -0.1) is 0 Å². The Kier molecular flexibility index (Phi) is 9.30. The van der Waals surface area contributed by atoms with Crippen molar-refractivity contribution < 1.29 is 13.9 Å². The van der Waals surface area contributed by atoms with Crippen LogP contribution in [0.5, 0.6) is 0 Å². The lowest BCUT2D eigenvalue weighted by molar-refractivity contribution is 0.0453. The van der Waals surface area contributed by atoms with Crippen LogP contribution in [0.2, 0.25) is 0 Å². The van der Waals surface area contributed by atoms with E-state index >= 15 is 0 Å². The Bertz CT molecular complexity index is 705. The second kappa shape index (κ2) is 12.0. The predicted octanol–water partition coefficient (Wildman–Crippen LogP) is 3.24. The standard InChI is InChI=1S/C21H28FN3O2/c1-3-26-11-12-27-16-19-6-4-5-18(13-19)15-25-21(23-2)24-14-17-7-9-20(22)10-8-17/h4-10,13H,3,11-12,14-16H2,1-2H3,(H2,23,24,25). The molecule has 2 aromatic rings. The number of nitrogens with zero attached hydrogens (tertiary/aromatic N) is 1. The minimum absolute atomic E-state index is 0.233. The fraction of sp³-hybridized carbons (Fsp3) is 0.381. The molecule has 0 bridgehead atoms. The van der Waals surface area contributed by atoms with Gasteiger partial charge in [0.15, 0.2) is 5.96 Å². The number of hydrogen-bond acceptors (Lipinski definition) is 3. The van der Waals surface area contributed by atoms with Crippen molar-refractivity contribution in [3.05, 3.63) is 71.0 Å². The number of ether oxygens (including phenoxy) is 2. The predicted molar refractivity (Wildman–Crippen MR) is 106 cm³/mol. The van der Waals surface area contributed by atoms with Crippen molar-refractivity contribution in [3.63, 3.8) is 0 Å². The van der Waals surface area contributed by atoms with Crippen LogP contribution >= 0.6 is 0 Å². The number of rotatable bonds is 10. The number of guanidine groups is 1. The number of halogens is 1. The second-order valence-electron chi connectivity index (χ2n) is 5.98. The molecule has 0 saturated heterocycles. The van der Waals surface area contributed by atoms with Gasteiger partial charge in [-0.1, -0.05) is 36.4 Å². The van der Waals surface area contributed by atoms with Gasteiger partial charge in [0.2, 0.25) is 0 Å². The molecule has 0 aliphatic heterocycles. The molecule has 146 valence electrons. The summed E-state index contributed by atoms with van der Waals surface area (Å²) in [6.07, 6.45) is 0. The number of benzene rings is 2. The summed E-state index contributed by atoms with van der Waals surface area (Å²) in [5.41, 5.74) is 3.26. The molecule has 0 atom stereocenters. The van der Waals surface area contributed by atoms with Gasteiger partial charge in [0.05, 0.1) is 19.8 Å². The molecule has 27 heavy (non-hydrogen) atoms. The summed E-state index contributed by atoms with van der Waals surface area (Å²) in [5, 5.41) is 6.50. The van der Waals surface area contributed by atoms with Crippen LogP contribution < -0.4 is 10.6 Å². The van der Waals surface area contributed by atoms with Crippen LogP contribution in [0.3, 0.4) is 0 Å². The highest BCUT2D eigenvalue weighted by Crippen LogP contribution is 2.07. The Balaban J connectivity index is 1.76. The Labute approximate surface area is 160 Å². The van der Waals surface area contributed by atoms with Crippen LogP contribution in [0.1, 0.15) is 23.6 Å². The van der Waals surface area contributed by atoms with Crippen molar-refractivity contribution in [1.82, 2.24) is 10.6 Å². The Morgan fingerprint density at radius 1 is 0.926 bits per heavy atom. The first kappa shape index (κ1) is 20.9. The summed E-state index contributed by atoms with van der Waals surface area (Å²) in [7, 11) is 1.72. The van der Waals surface area contributed by atoms with E-state index in [1.165, 1.54) is 12.1 Å². The van der Waals surface area contributed by atoms with E-state index in [0.29, 0.717) is 45.5 Å². The molecule has 6 heteroatoms. The number of aliphatic imine (C=N–C) groups is 1. The third-order valence-corrected chi connectivity index (χ3v) is 3.89. The third-order valence-electron chi connectivity index (χ3n) is 3.89. The monoisotopic (exact) mass is 373 g/mol. The summed E-state index contributed by atoms with van der Waals surface area (Å²) in [6, 6.07) is 14.7. The summed E-state index contributed by atoms with van der Waals surface area (Å²) in [5.74, 6) is 0.459. The molecule has 0 aromatic heterocycles. The maximum Gasteiger partial charge on any atom is 0.191 e. The van der Waals surface area contributed by atoms with E-state index in [4.69, 9.17) is 9.47 Å². The molecule has 2 rings (SSSR count). The maximum atomic E-state index is 13.0. The average molecular weight is 373 g/mol. The van der Waals surface area contributed by atoms with E-state index in [9.17, 15) is 4.39 Å². The summed E-state index contributed by atoms with van der Waals surface area (Å²) in [6.45, 7) is 5.69. The van der Waals surface area contributed by atoms with Crippen LogP contribution in [-0.2, 0) is 29.2 Å². The Morgan fingerprint density at radius 3 is 2.30 bits per heavy atom. The topological polar surface area (TPSA) is 54.9 Å². The molecule has 2 aromatic carbocycles. The van der Waals surface area contributed by atoms with E-state index in [0.717, 1.165) is 16.7 Å². The zero-order chi connectivity index (χ0) is 19.3. The van der Waals surface area contributed by atoms with Gasteiger partial charge in [0.25, 0.3) is 0 Å². The first-order chi connectivity index (χ1) is 13.2. The molecule has 0 heterocycles. The molecule has 5 nitrogen and oxygen atoms in total. The maximum absolute atomic E-state index is 13.0. The van der Waals surface area contributed by atoms with Gasteiger partial charge in [-0.05, 0) is 35.7 Å². The van der Waals surface area contributed by atoms with Crippen LogP contribution in [0.4, 0.5) is 4.39 Å². The highest BCUT2D eigenvalue weighted by atomic mass is 19.1. The minimum Gasteiger partial charge on any atom is -0.379 e. The normalized spacial score (nSPS) is 11.4. The molecule has 0 amide bonds. The number of hydrogen-bond donors (Lipinski definition) is 2. The molecule has 0 radical (unpaired) electrons. The van der Waals surface area contributed by atoms with Gasteiger partial charge < -0.3 is 20.1 Å². The van der Waals surface area contributed by atoms with E-state index in [1.54, 1.807) is 19.2 Å². The van der Waals surface area contributed by atoms with Gasteiger partial charge in [-0.3, -0.25) is 4.99 Å². The minimum atomic E-state index is -0.233. The molecular weight excluding hydrogens is 345 g/mol. The average Bonchev–Trinajstić information content (AvgIpc) is 2.69. The number of nitrogens with one attached hydrogen (secondary N) is 2. The first-order valence-electron chi connectivity index (χ1n) is 9.13. The lowest BCUT2D eigenvalue weighted by atomic mass is 10.1. The first-order valence-corrected chi connectivity index (χ1v) is 9.13. The molecular formula is C21H28FN3O2. The van der Waals surface area contributed by atoms with Crippen molar-refractivity contribution in [1.29, 1.82) is 0 Å². The van der Waals surface area contributed by atoms with Gasteiger partial charge in [0, 0.05) is 26.7 Å². The molecule has 0 aliphatic carbocycles. The van der Waals surface area contributed by atoms with Gasteiger partial charge in [-0.25, -0.2) is 4.39 Å². The zero-order valence-electron chi connectivity index (χ0n) is 16.0. The van der Waals surface area contributed by atoms with Gasteiger partial charge >= 0.3 is 0 Å². The van der Waals surface area contributed by atoms with Crippen LogP contribution in [0.25, 0.3) is 0 Å². The van der Waals surface area contributed by atoms with Gasteiger partial charge in [0.1, 0.15) is 5.82 Å². The summed E-state index contributed by atoms with van der Waals surface area (Å²) in [4.78, 5) is 4.22. The highest BCUT2D eigenvalue weighted by molar-refractivity contribution is 5.79. The van der Waals surface area contributed by atoms with E-state index in [1.807, 2.05) is 19.1 Å². The molecule has 0 fully saturated rings. The SMILES string of the molecule is CCOCCOCc1cccc(CNC(=NC)NCc2ccc(F)cc2)c1. The highest BCUT2D eigenvalue weighted by Gasteiger charge is 2.01. The molecule has 0 saturated carbocycles. The third kappa shape index (κ3) is 8.19. The van der Waals surface area contributed by atoms with Crippen molar-refractivity contribution >= 4 is 5.96 Å². The van der Waals surface area contributed by atoms with Crippen LogP contribution in [0.15, 0.2) is 53.5 Å². The summed E-state index contributed by atoms with van der Waals surface area (Å²) >= 11 is 0. The van der Waals surface area contributed by atoms with Crippen molar-refractivity contribution in [2.45, 2.75) is 26.6 Å². The van der Waals surface area contributed by atoms with Crippen molar-refractivity contribution in [2.24, 2.45) is 4.99 Å². The second-order valence-corrected chi connectivity index (χ2v) is 5.98. The smallest absolute Gasteiger partial charge is 0.191 e. The van der Waals surface area contributed by atoms with Gasteiger partial charge in [-0.2, -0.15) is 0 Å². The Hall–Kier alpha value is -2.44. The largest absolute Gasteiger partial charge is 0.379 e. The van der Waals surface area contributed by atoms with E-state index in [-0.39, 0.29) is 5.82 Å². The fourth-order valence-electron chi connectivity index (χ4n) is 2.48. The fourth-order valence-corrected chi connectivity index (χ4v) is 2.48. The van der Waals surface area contributed by atoms with Crippen molar-refractivity contribution in [3.8, 4) is 0 Å².